The summed E-state index contributed by atoms with van der Waals surface area (Å²) < 4.78 is 16.3. The average molecular weight is 358 g/mol. The van der Waals surface area contributed by atoms with E-state index in [-0.39, 0.29) is 15.5 Å². The Labute approximate surface area is 129 Å². The number of benzene rings is 1. The van der Waals surface area contributed by atoms with E-state index in [1.807, 2.05) is 14.0 Å². The number of aryl methyl sites for hydroxylation is 1. The van der Waals surface area contributed by atoms with Crippen molar-refractivity contribution in [2.45, 2.75) is 13.0 Å². The molecule has 1 aromatic heterocycles. The molecule has 0 saturated heterocycles. The Kier molecular flexibility index (Phi) is 4.34. The summed E-state index contributed by atoms with van der Waals surface area (Å²) >= 11 is 8.03. The molecule has 1 unspecified atom stereocenters. The highest BCUT2D eigenvalue weighted by atomic mass is 79.9. The largest absolute Gasteiger partial charge is 0.389 e. The van der Waals surface area contributed by atoms with Crippen LogP contribution < -0.4 is 11.1 Å². The molecule has 0 aliphatic heterocycles. The highest BCUT2D eigenvalue weighted by molar-refractivity contribution is 9.10. The zero-order valence-electron chi connectivity index (χ0n) is 10.9. The summed E-state index contributed by atoms with van der Waals surface area (Å²) in [7, 11) is 1.83. The zero-order chi connectivity index (χ0) is 14.9. The quantitative estimate of drug-likeness (QED) is 0.822. The average Bonchev–Trinajstić information content (AvgIpc) is 2.81. The Bertz CT molecular complexity index is 657. The van der Waals surface area contributed by atoms with E-state index in [2.05, 4.69) is 31.4 Å². The molecule has 3 N–H and O–H groups in total. The minimum absolute atomic E-state index is 0.142. The second-order valence-electron chi connectivity index (χ2n) is 4.32. The molecule has 2 aromatic rings. The molecule has 2 rings (SSSR count). The third kappa shape index (κ3) is 2.80. The lowest BCUT2D eigenvalue weighted by atomic mass is 10.2. The lowest BCUT2D eigenvalue weighted by Gasteiger charge is -2.16. The van der Waals surface area contributed by atoms with Gasteiger partial charge in [0.1, 0.15) is 11.3 Å². The highest BCUT2D eigenvalue weighted by Gasteiger charge is 2.17. The van der Waals surface area contributed by atoms with Crippen molar-refractivity contribution in [3.8, 4) is 0 Å². The number of thiocarbonyl (C=S) groups is 1. The fourth-order valence-electron chi connectivity index (χ4n) is 1.83. The molecule has 0 fully saturated rings. The van der Waals surface area contributed by atoms with Crippen LogP contribution in [0.25, 0.3) is 0 Å². The Balaban J connectivity index is 2.29. The molecule has 1 aromatic carbocycles. The summed E-state index contributed by atoms with van der Waals surface area (Å²) in [6.07, 6.45) is 1.59. The molecule has 0 aliphatic carbocycles. The molecule has 8 heteroatoms. The van der Waals surface area contributed by atoms with Gasteiger partial charge in [-0.25, -0.2) is 4.39 Å². The van der Waals surface area contributed by atoms with Gasteiger partial charge in [-0.3, -0.25) is 0 Å². The van der Waals surface area contributed by atoms with Gasteiger partial charge in [0.2, 0.25) is 0 Å². The number of anilines is 1. The standard InChI is InChI=1S/C12H13BrFN5S/c1-6(12-18-16-5-19(12)2)17-8-4-3-7(11(15)20)9(13)10(8)14/h3-6,17H,1-2H3,(H2,15,20). The van der Waals surface area contributed by atoms with E-state index in [1.54, 1.807) is 23.0 Å². The summed E-state index contributed by atoms with van der Waals surface area (Å²) in [6, 6.07) is 3.07. The third-order valence-corrected chi connectivity index (χ3v) is 3.85. The maximum absolute atomic E-state index is 14.3. The Hall–Kier alpha value is -1.54. The molecular weight excluding hydrogens is 345 g/mol. The SMILES string of the molecule is CC(Nc1ccc(C(N)=S)c(Br)c1F)c1nncn1C. The molecule has 0 bridgehead atoms. The van der Waals surface area contributed by atoms with Crippen LogP contribution >= 0.6 is 28.1 Å². The molecular formula is C12H13BrFN5S. The fraction of sp³-hybridized carbons (Fsp3) is 0.250. The van der Waals surface area contributed by atoms with Crippen LogP contribution in [-0.2, 0) is 7.05 Å². The van der Waals surface area contributed by atoms with Gasteiger partial charge < -0.3 is 15.6 Å². The van der Waals surface area contributed by atoms with Crippen molar-refractivity contribution in [3.05, 3.63) is 40.1 Å². The van der Waals surface area contributed by atoms with E-state index >= 15 is 0 Å². The van der Waals surface area contributed by atoms with Crippen LogP contribution in [0.15, 0.2) is 22.9 Å². The molecule has 0 saturated carbocycles. The first kappa shape index (κ1) is 14.9. The van der Waals surface area contributed by atoms with Crippen molar-refractivity contribution in [1.29, 1.82) is 0 Å². The highest BCUT2D eigenvalue weighted by Crippen LogP contribution is 2.29. The van der Waals surface area contributed by atoms with E-state index in [0.717, 1.165) is 0 Å². The molecule has 5 nitrogen and oxygen atoms in total. The number of nitrogens with zero attached hydrogens (tertiary/aromatic N) is 3. The lowest BCUT2D eigenvalue weighted by Crippen LogP contribution is -2.15. The van der Waals surface area contributed by atoms with Gasteiger partial charge in [-0.15, -0.1) is 10.2 Å². The van der Waals surface area contributed by atoms with E-state index in [0.29, 0.717) is 17.1 Å². The molecule has 0 aliphatic rings. The van der Waals surface area contributed by atoms with E-state index in [1.165, 1.54) is 0 Å². The van der Waals surface area contributed by atoms with Crippen molar-refractivity contribution < 1.29 is 4.39 Å². The molecule has 0 amide bonds. The van der Waals surface area contributed by atoms with Gasteiger partial charge in [0, 0.05) is 12.6 Å². The minimum Gasteiger partial charge on any atom is -0.389 e. The Morgan fingerprint density at radius 2 is 2.25 bits per heavy atom. The fourth-order valence-corrected chi connectivity index (χ4v) is 2.69. The number of rotatable bonds is 4. The smallest absolute Gasteiger partial charge is 0.161 e. The lowest BCUT2D eigenvalue weighted by molar-refractivity contribution is 0.617. The summed E-state index contributed by atoms with van der Waals surface area (Å²) in [6.45, 7) is 1.87. The number of hydrogen-bond acceptors (Lipinski definition) is 4. The van der Waals surface area contributed by atoms with Crippen molar-refractivity contribution in [1.82, 2.24) is 14.8 Å². The van der Waals surface area contributed by atoms with Crippen molar-refractivity contribution >= 4 is 38.8 Å². The minimum atomic E-state index is -0.440. The first-order valence-electron chi connectivity index (χ1n) is 5.80. The predicted molar refractivity (Wildman–Crippen MR) is 83.0 cm³/mol. The molecule has 1 atom stereocenters. The van der Waals surface area contributed by atoms with Crippen LogP contribution in [0.1, 0.15) is 24.4 Å². The van der Waals surface area contributed by atoms with Crippen molar-refractivity contribution in [2.24, 2.45) is 12.8 Å². The van der Waals surface area contributed by atoms with Crippen molar-refractivity contribution in [3.63, 3.8) is 0 Å². The number of nitrogens with one attached hydrogen (secondary N) is 1. The van der Waals surface area contributed by atoms with Gasteiger partial charge in [-0.2, -0.15) is 0 Å². The summed E-state index contributed by atoms with van der Waals surface area (Å²) in [5.41, 5.74) is 6.33. The molecule has 0 radical (unpaired) electrons. The number of nitrogens with two attached hydrogens (primary N) is 1. The monoisotopic (exact) mass is 357 g/mol. The van der Waals surface area contributed by atoms with Crippen LogP contribution in [0.3, 0.4) is 0 Å². The van der Waals surface area contributed by atoms with Crippen LogP contribution in [0.2, 0.25) is 0 Å². The first-order valence-corrected chi connectivity index (χ1v) is 7.00. The normalized spacial score (nSPS) is 12.2. The maximum atomic E-state index is 14.3. The van der Waals surface area contributed by atoms with Crippen LogP contribution in [0, 0.1) is 5.82 Å². The zero-order valence-corrected chi connectivity index (χ0v) is 13.3. The first-order chi connectivity index (χ1) is 9.41. The molecule has 106 valence electrons. The summed E-state index contributed by atoms with van der Waals surface area (Å²) in [4.78, 5) is 0.142. The van der Waals surface area contributed by atoms with E-state index < -0.39 is 5.82 Å². The van der Waals surface area contributed by atoms with Gasteiger partial charge in [-0.05, 0) is 35.0 Å². The summed E-state index contributed by atoms with van der Waals surface area (Å²) in [5.74, 6) is 0.267. The Morgan fingerprint density at radius 3 is 2.80 bits per heavy atom. The second-order valence-corrected chi connectivity index (χ2v) is 5.55. The molecule has 20 heavy (non-hydrogen) atoms. The van der Waals surface area contributed by atoms with E-state index in [4.69, 9.17) is 18.0 Å². The number of aromatic nitrogens is 3. The van der Waals surface area contributed by atoms with Gasteiger partial charge in [0.25, 0.3) is 0 Å². The molecule has 1 heterocycles. The topological polar surface area (TPSA) is 68.8 Å². The van der Waals surface area contributed by atoms with Gasteiger partial charge in [0.15, 0.2) is 11.6 Å². The van der Waals surface area contributed by atoms with Gasteiger partial charge in [-0.1, -0.05) is 12.2 Å². The molecule has 0 spiro atoms. The number of halogens is 2. The predicted octanol–water partition coefficient (Wildman–Crippen LogP) is 2.52. The maximum Gasteiger partial charge on any atom is 0.161 e. The third-order valence-electron chi connectivity index (χ3n) is 2.85. The van der Waals surface area contributed by atoms with Crippen LogP contribution in [-0.4, -0.2) is 19.8 Å². The van der Waals surface area contributed by atoms with Crippen LogP contribution in [0.5, 0.6) is 0 Å². The summed E-state index contributed by atoms with van der Waals surface area (Å²) in [5, 5.41) is 10.8. The van der Waals surface area contributed by atoms with E-state index in [9.17, 15) is 4.39 Å². The van der Waals surface area contributed by atoms with Crippen molar-refractivity contribution in [2.75, 3.05) is 5.32 Å². The number of hydrogen-bond donors (Lipinski definition) is 2. The van der Waals surface area contributed by atoms with Gasteiger partial charge >= 0.3 is 0 Å². The van der Waals surface area contributed by atoms with Gasteiger partial charge in [0.05, 0.1) is 16.2 Å². The Morgan fingerprint density at radius 1 is 1.55 bits per heavy atom. The second kappa shape index (κ2) is 5.84. The van der Waals surface area contributed by atoms with Crippen LogP contribution in [0.4, 0.5) is 10.1 Å².